The molecule has 0 spiro atoms. The van der Waals surface area contributed by atoms with Crippen LogP contribution < -0.4 is 5.32 Å². The predicted molar refractivity (Wildman–Crippen MR) is 56.5 cm³/mol. The van der Waals surface area contributed by atoms with E-state index in [4.69, 9.17) is 0 Å². The second kappa shape index (κ2) is 4.67. The first kappa shape index (κ1) is 8.94. The van der Waals surface area contributed by atoms with Crippen molar-refractivity contribution in [3.63, 3.8) is 0 Å². The van der Waals surface area contributed by atoms with Gasteiger partial charge in [0.2, 0.25) is 0 Å². The number of nitrogens with one attached hydrogen (secondary N) is 1. The monoisotopic (exact) mass is 231 g/mol. The lowest BCUT2D eigenvalue weighted by Gasteiger charge is -2.05. The Labute approximate surface area is 80.7 Å². The first-order valence-corrected chi connectivity index (χ1v) is 4.86. The molecule has 0 saturated heterocycles. The van der Waals surface area contributed by atoms with Crippen LogP contribution in [0.4, 0.5) is 5.69 Å². The second-order valence-electron chi connectivity index (χ2n) is 2.13. The fourth-order valence-electron chi connectivity index (χ4n) is 0.795. The molecule has 1 aromatic rings. The zero-order valence-corrected chi connectivity index (χ0v) is 8.53. The summed E-state index contributed by atoms with van der Waals surface area (Å²) in [5, 5.41) is 3.24. The van der Waals surface area contributed by atoms with Crippen LogP contribution in [0.1, 0.15) is 0 Å². The Kier molecular flexibility index (Phi) is 3.80. The standard InChI is InChI=1S/C8H10BrNS/c9-7-3-1-2-4-8(7)10-5-6-11/h1-4,10-11H,5-6H2. The number of para-hydroxylation sites is 1. The summed E-state index contributed by atoms with van der Waals surface area (Å²) in [6.45, 7) is 0.895. The number of benzene rings is 1. The first-order valence-electron chi connectivity index (χ1n) is 3.44. The molecular weight excluding hydrogens is 222 g/mol. The molecule has 0 heterocycles. The van der Waals surface area contributed by atoms with Gasteiger partial charge in [-0.1, -0.05) is 12.1 Å². The molecule has 0 radical (unpaired) electrons. The maximum Gasteiger partial charge on any atom is 0.0484 e. The molecule has 0 aliphatic rings. The van der Waals surface area contributed by atoms with E-state index in [-0.39, 0.29) is 0 Å². The van der Waals surface area contributed by atoms with Gasteiger partial charge in [0.1, 0.15) is 0 Å². The number of rotatable bonds is 3. The van der Waals surface area contributed by atoms with Gasteiger partial charge in [-0.25, -0.2) is 0 Å². The van der Waals surface area contributed by atoms with E-state index in [0.29, 0.717) is 0 Å². The Balaban J connectivity index is 2.62. The summed E-state index contributed by atoms with van der Waals surface area (Å²) >= 11 is 7.55. The van der Waals surface area contributed by atoms with Crippen molar-refractivity contribution < 1.29 is 0 Å². The van der Waals surface area contributed by atoms with Crippen LogP contribution in [0.2, 0.25) is 0 Å². The van der Waals surface area contributed by atoms with E-state index < -0.39 is 0 Å². The minimum atomic E-state index is 0.849. The molecule has 1 nitrogen and oxygen atoms in total. The number of halogens is 1. The number of hydrogen-bond donors (Lipinski definition) is 2. The summed E-state index contributed by atoms with van der Waals surface area (Å²) in [5.41, 5.74) is 1.13. The molecule has 1 N–H and O–H groups in total. The molecule has 0 unspecified atom stereocenters. The Bertz CT molecular complexity index is 227. The van der Waals surface area contributed by atoms with Crippen molar-refractivity contribution in [2.75, 3.05) is 17.6 Å². The van der Waals surface area contributed by atoms with Crippen LogP contribution in [-0.4, -0.2) is 12.3 Å². The average Bonchev–Trinajstić information content (AvgIpc) is 2.03. The summed E-state index contributed by atoms with van der Waals surface area (Å²) in [5.74, 6) is 0.849. The smallest absolute Gasteiger partial charge is 0.0484 e. The Hall–Kier alpha value is -0.150. The quantitative estimate of drug-likeness (QED) is 0.763. The zero-order valence-electron chi connectivity index (χ0n) is 6.05. The van der Waals surface area contributed by atoms with E-state index in [1.54, 1.807) is 0 Å². The van der Waals surface area contributed by atoms with E-state index in [1.165, 1.54) is 0 Å². The molecule has 0 aromatic heterocycles. The summed E-state index contributed by atoms with van der Waals surface area (Å²) in [6.07, 6.45) is 0. The Morgan fingerprint density at radius 3 is 2.73 bits per heavy atom. The molecule has 0 bridgehead atoms. The van der Waals surface area contributed by atoms with Gasteiger partial charge < -0.3 is 5.32 Å². The molecule has 1 aromatic carbocycles. The molecule has 0 fully saturated rings. The Morgan fingerprint density at radius 1 is 1.36 bits per heavy atom. The second-order valence-corrected chi connectivity index (χ2v) is 3.43. The van der Waals surface area contributed by atoms with Crippen molar-refractivity contribution in [1.82, 2.24) is 0 Å². The van der Waals surface area contributed by atoms with Gasteiger partial charge in [-0.2, -0.15) is 12.6 Å². The summed E-state index contributed by atoms with van der Waals surface area (Å²) in [4.78, 5) is 0. The maximum absolute atomic E-state index is 4.11. The molecule has 1 rings (SSSR count). The lowest BCUT2D eigenvalue weighted by molar-refractivity contribution is 1.23. The summed E-state index contributed by atoms with van der Waals surface area (Å²) in [7, 11) is 0. The van der Waals surface area contributed by atoms with Crippen LogP contribution in [-0.2, 0) is 0 Å². The van der Waals surface area contributed by atoms with Crippen molar-refractivity contribution in [2.24, 2.45) is 0 Å². The van der Waals surface area contributed by atoms with Crippen molar-refractivity contribution in [2.45, 2.75) is 0 Å². The number of thiol groups is 1. The minimum Gasteiger partial charge on any atom is -0.383 e. The minimum absolute atomic E-state index is 0.849. The first-order chi connectivity index (χ1) is 5.34. The van der Waals surface area contributed by atoms with E-state index >= 15 is 0 Å². The van der Waals surface area contributed by atoms with Gasteiger partial charge in [-0.3, -0.25) is 0 Å². The fraction of sp³-hybridized carbons (Fsp3) is 0.250. The predicted octanol–water partition coefficient (Wildman–Crippen LogP) is 2.79. The number of hydrogen-bond acceptors (Lipinski definition) is 2. The molecule has 0 amide bonds. The van der Waals surface area contributed by atoms with Crippen molar-refractivity contribution in [1.29, 1.82) is 0 Å². The molecule has 60 valence electrons. The highest BCUT2D eigenvalue weighted by Crippen LogP contribution is 2.20. The highest BCUT2D eigenvalue weighted by molar-refractivity contribution is 9.10. The van der Waals surface area contributed by atoms with Gasteiger partial charge in [0.25, 0.3) is 0 Å². The average molecular weight is 232 g/mol. The van der Waals surface area contributed by atoms with E-state index in [0.717, 1.165) is 22.5 Å². The van der Waals surface area contributed by atoms with Gasteiger partial charge in [-0.05, 0) is 28.1 Å². The van der Waals surface area contributed by atoms with Gasteiger partial charge in [0.15, 0.2) is 0 Å². The SMILES string of the molecule is SCCNc1ccccc1Br. The third-order valence-corrected chi connectivity index (χ3v) is 2.22. The maximum atomic E-state index is 4.11. The number of anilines is 1. The van der Waals surface area contributed by atoms with Gasteiger partial charge in [0.05, 0.1) is 0 Å². The van der Waals surface area contributed by atoms with E-state index in [9.17, 15) is 0 Å². The van der Waals surface area contributed by atoms with Crippen LogP contribution in [0.25, 0.3) is 0 Å². The highest BCUT2D eigenvalue weighted by atomic mass is 79.9. The van der Waals surface area contributed by atoms with Crippen molar-refractivity contribution in [3.05, 3.63) is 28.7 Å². The molecule has 3 heteroatoms. The highest BCUT2D eigenvalue weighted by Gasteiger charge is 1.94. The third-order valence-electron chi connectivity index (χ3n) is 1.30. The zero-order chi connectivity index (χ0) is 8.10. The lowest BCUT2D eigenvalue weighted by atomic mass is 10.3. The molecular formula is C8H10BrNS. The molecule has 11 heavy (non-hydrogen) atoms. The third kappa shape index (κ3) is 2.75. The summed E-state index contributed by atoms with van der Waals surface area (Å²) < 4.78 is 1.10. The largest absolute Gasteiger partial charge is 0.383 e. The topological polar surface area (TPSA) is 12.0 Å². The molecule has 0 aliphatic carbocycles. The van der Waals surface area contributed by atoms with Gasteiger partial charge in [-0.15, -0.1) is 0 Å². The Morgan fingerprint density at radius 2 is 2.09 bits per heavy atom. The van der Waals surface area contributed by atoms with Crippen LogP contribution >= 0.6 is 28.6 Å². The fourth-order valence-corrected chi connectivity index (χ4v) is 1.33. The van der Waals surface area contributed by atoms with Crippen molar-refractivity contribution >= 4 is 34.2 Å². The van der Waals surface area contributed by atoms with E-state index in [2.05, 4.69) is 33.9 Å². The lowest BCUT2D eigenvalue weighted by Crippen LogP contribution is -2.02. The molecule has 0 saturated carbocycles. The summed E-state index contributed by atoms with van der Waals surface area (Å²) in [6, 6.07) is 8.05. The molecule has 0 aliphatic heterocycles. The van der Waals surface area contributed by atoms with Crippen LogP contribution in [0, 0.1) is 0 Å². The molecule has 0 atom stereocenters. The van der Waals surface area contributed by atoms with Crippen LogP contribution in [0.5, 0.6) is 0 Å². The van der Waals surface area contributed by atoms with Crippen LogP contribution in [0.15, 0.2) is 28.7 Å². The van der Waals surface area contributed by atoms with Crippen LogP contribution in [0.3, 0.4) is 0 Å². The van der Waals surface area contributed by atoms with Gasteiger partial charge in [0, 0.05) is 22.5 Å². The van der Waals surface area contributed by atoms with Crippen molar-refractivity contribution in [3.8, 4) is 0 Å². The van der Waals surface area contributed by atoms with E-state index in [1.807, 2.05) is 24.3 Å². The van der Waals surface area contributed by atoms with Gasteiger partial charge >= 0.3 is 0 Å². The normalized spacial score (nSPS) is 9.64.